The Morgan fingerprint density at radius 3 is 2.84 bits per heavy atom. The van der Waals surface area contributed by atoms with Crippen molar-refractivity contribution < 1.29 is 14.2 Å². The lowest BCUT2D eigenvalue weighted by molar-refractivity contribution is -0.154. The normalized spacial score (nSPS) is 21.4. The molecule has 0 bridgehead atoms. The van der Waals surface area contributed by atoms with Gasteiger partial charge < -0.3 is 14.2 Å². The first-order chi connectivity index (χ1) is 12.4. The van der Waals surface area contributed by atoms with E-state index in [0.717, 1.165) is 26.0 Å². The van der Waals surface area contributed by atoms with E-state index in [1.807, 2.05) is 12.3 Å². The molecule has 1 aromatic rings. The average molecular weight is 344 g/mol. The van der Waals surface area contributed by atoms with Crippen molar-refractivity contribution in [3.63, 3.8) is 0 Å². The lowest BCUT2D eigenvalue weighted by Crippen LogP contribution is -2.29. The van der Waals surface area contributed by atoms with E-state index in [-0.39, 0.29) is 6.29 Å². The zero-order valence-corrected chi connectivity index (χ0v) is 14.9. The smallest absolute Gasteiger partial charge is 0.214 e. The fraction of sp³-hybridized carbons (Fsp3) is 0.650. The van der Waals surface area contributed by atoms with Gasteiger partial charge in [0.25, 0.3) is 0 Å². The second kappa shape index (κ2) is 10.4. The van der Waals surface area contributed by atoms with Crippen molar-refractivity contribution in [2.24, 2.45) is 0 Å². The van der Waals surface area contributed by atoms with Crippen LogP contribution in [0.3, 0.4) is 0 Å². The minimum absolute atomic E-state index is 0.0860. The lowest BCUT2D eigenvalue weighted by atomic mass is 10.1. The molecule has 3 rings (SSSR count). The van der Waals surface area contributed by atoms with Crippen LogP contribution in [0.2, 0.25) is 0 Å². The van der Waals surface area contributed by atoms with Gasteiger partial charge in [0.15, 0.2) is 12.9 Å². The van der Waals surface area contributed by atoms with E-state index in [1.165, 1.54) is 44.3 Å². The summed E-state index contributed by atoms with van der Waals surface area (Å²) in [6, 6.07) is 4.08. The molecule has 1 aromatic heterocycles. The molecule has 0 saturated carbocycles. The summed E-state index contributed by atoms with van der Waals surface area (Å²) in [5.74, 6) is 6.58. The first-order valence-corrected chi connectivity index (χ1v) is 9.39. The molecule has 136 valence electrons. The van der Waals surface area contributed by atoms with Gasteiger partial charge in [-0.1, -0.05) is 18.3 Å². The molecule has 0 amide bonds. The third-order valence-corrected chi connectivity index (χ3v) is 4.55. The predicted octanol–water partition coefficient (Wildman–Crippen LogP) is 2.99. The third-order valence-electron chi connectivity index (χ3n) is 4.55. The largest absolute Gasteiger partial charge is 0.464 e. The molecule has 0 aromatic carbocycles. The summed E-state index contributed by atoms with van der Waals surface area (Å²) in [6.45, 7) is 4.86. The van der Waals surface area contributed by atoms with Crippen LogP contribution in [-0.4, -0.2) is 49.1 Å². The van der Waals surface area contributed by atoms with Crippen LogP contribution < -0.4 is 4.74 Å². The Kier molecular flexibility index (Phi) is 7.56. The van der Waals surface area contributed by atoms with E-state index >= 15 is 0 Å². The number of rotatable bonds is 6. The van der Waals surface area contributed by atoms with Gasteiger partial charge in [-0.15, -0.1) is 0 Å². The van der Waals surface area contributed by atoms with Gasteiger partial charge >= 0.3 is 0 Å². The summed E-state index contributed by atoms with van der Waals surface area (Å²) in [7, 11) is 0. The molecule has 5 heteroatoms. The van der Waals surface area contributed by atoms with E-state index in [4.69, 9.17) is 14.2 Å². The second-order valence-corrected chi connectivity index (χ2v) is 6.59. The Morgan fingerprint density at radius 1 is 1.12 bits per heavy atom. The van der Waals surface area contributed by atoms with Gasteiger partial charge in [-0.2, -0.15) is 0 Å². The summed E-state index contributed by atoms with van der Waals surface area (Å²) < 4.78 is 16.7. The van der Waals surface area contributed by atoms with Crippen molar-refractivity contribution in [3.05, 3.63) is 23.9 Å². The maximum atomic E-state index is 5.64. The highest BCUT2D eigenvalue weighted by Gasteiger charge is 2.13. The van der Waals surface area contributed by atoms with Crippen LogP contribution in [0.1, 0.15) is 44.1 Å². The van der Waals surface area contributed by atoms with Crippen molar-refractivity contribution >= 4 is 0 Å². The number of nitrogens with zero attached hydrogens (tertiary/aromatic N) is 2. The molecule has 0 radical (unpaired) electrons. The maximum Gasteiger partial charge on any atom is 0.214 e. The lowest BCUT2D eigenvalue weighted by Gasteiger charge is -2.26. The summed E-state index contributed by atoms with van der Waals surface area (Å²) in [5, 5.41) is 0. The molecule has 5 nitrogen and oxygen atoms in total. The fourth-order valence-electron chi connectivity index (χ4n) is 3.19. The molecular formula is C20H28N2O3. The molecule has 2 aliphatic heterocycles. The first kappa shape index (κ1) is 18.2. The molecule has 0 aliphatic carbocycles. The molecule has 2 aliphatic rings. The molecule has 0 N–H and O–H groups in total. The van der Waals surface area contributed by atoms with E-state index in [1.54, 1.807) is 0 Å². The van der Waals surface area contributed by atoms with Gasteiger partial charge in [-0.05, 0) is 56.8 Å². The van der Waals surface area contributed by atoms with Crippen LogP contribution in [0.5, 0.6) is 5.88 Å². The zero-order valence-electron chi connectivity index (χ0n) is 14.9. The Morgan fingerprint density at radius 2 is 2.00 bits per heavy atom. The molecule has 0 spiro atoms. The van der Waals surface area contributed by atoms with Gasteiger partial charge in [-0.3, -0.25) is 4.90 Å². The number of hydrogen-bond acceptors (Lipinski definition) is 5. The summed E-state index contributed by atoms with van der Waals surface area (Å²) >= 11 is 0. The standard InChI is InChI=1S/C20H28N2O3/c1-3-11-22(12-4-1)17-18-9-10-21-19(16-18)23-13-6-7-15-25-20-8-2-5-14-24-20/h9-10,16,20H,1-5,8,11-15,17H2. The van der Waals surface area contributed by atoms with Gasteiger partial charge in [0.2, 0.25) is 5.88 Å². The highest BCUT2D eigenvalue weighted by atomic mass is 16.7. The van der Waals surface area contributed by atoms with E-state index in [0.29, 0.717) is 19.1 Å². The van der Waals surface area contributed by atoms with Crippen LogP contribution >= 0.6 is 0 Å². The van der Waals surface area contributed by atoms with Gasteiger partial charge in [-0.25, -0.2) is 4.98 Å². The Balaban J connectivity index is 1.36. The van der Waals surface area contributed by atoms with Crippen molar-refractivity contribution in [3.8, 4) is 17.7 Å². The van der Waals surface area contributed by atoms with Crippen molar-refractivity contribution in [2.45, 2.75) is 51.4 Å². The molecule has 2 fully saturated rings. The summed E-state index contributed by atoms with van der Waals surface area (Å²) in [6.07, 6.45) is 8.95. The minimum atomic E-state index is -0.0860. The van der Waals surface area contributed by atoms with Crippen LogP contribution in [0.4, 0.5) is 0 Å². The third kappa shape index (κ3) is 6.66. The average Bonchev–Trinajstić information content (AvgIpc) is 2.66. The van der Waals surface area contributed by atoms with Crippen molar-refractivity contribution in [2.75, 3.05) is 32.9 Å². The van der Waals surface area contributed by atoms with Crippen LogP contribution in [-0.2, 0) is 16.0 Å². The Hall–Kier alpha value is -1.61. The number of likely N-dealkylation sites (tertiary alicyclic amines) is 1. The number of pyridine rings is 1. The number of ether oxygens (including phenoxy) is 3. The van der Waals surface area contributed by atoms with Gasteiger partial charge in [0, 0.05) is 25.4 Å². The van der Waals surface area contributed by atoms with Gasteiger partial charge in [0.1, 0.15) is 6.61 Å². The van der Waals surface area contributed by atoms with Crippen LogP contribution in [0.15, 0.2) is 18.3 Å². The van der Waals surface area contributed by atoms with E-state index in [9.17, 15) is 0 Å². The van der Waals surface area contributed by atoms with Crippen molar-refractivity contribution in [1.29, 1.82) is 0 Å². The maximum absolute atomic E-state index is 5.64. The van der Waals surface area contributed by atoms with Crippen LogP contribution in [0.25, 0.3) is 0 Å². The van der Waals surface area contributed by atoms with Crippen molar-refractivity contribution in [1.82, 2.24) is 9.88 Å². The molecule has 1 atom stereocenters. The highest BCUT2D eigenvalue weighted by molar-refractivity contribution is 5.21. The number of hydrogen-bond donors (Lipinski definition) is 0. The van der Waals surface area contributed by atoms with Crippen LogP contribution in [0, 0.1) is 11.8 Å². The molecule has 25 heavy (non-hydrogen) atoms. The fourth-order valence-corrected chi connectivity index (χ4v) is 3.19. The second-order valence-electron chi connectivity index (χ2n) is 6.59. The zero-order chi connectivity index (χ0) is 17.2. The summed E-state index contributed by atoms with van der Waals surface area (Å²) in [5.41, 5.74) is 1.25. The highest BCUT2D eigenvalue weighted by Crippen LogP contribution is 2.15. The minimum Gasteiger partial charge on any atom is -0.464 e. The number of aromatic nitrogens is 1. The van der Waals surface area contributed by atoms with Gasteiger partial charge in [0.05, 0.1) is 0 Å². The molecule has 1 unspecified atom stereocenters. The predicted molar refractivity (Wildman–Crippen MR) is 96.2 cm³/mol. The molecular weight excluding hydrogens is 316 g/mol. The SMILES string of the molecule is C(#CCOC1CCCCO1)COc1cc(CN2CCCCC2)ccn1. The summed E-state index contributed by atoms with van der Waals surface area (Å²) in [4.78, 5) is 6.76. The molecule has 3 heterocycles. The molecule has 2 saturated heterocycles. The Bertz CT molecular complexity index is 570. The quantitative estimate of drug-likeness (QED) is 0.742. The van der Waals surface area contributed by atoms with E-state index < -0.39 is 0 Å². The first-order valence-electron chi connectivity index (χ1n) is 9.39. The topological polar surface area (TPSA) is 43.8 Å². The monoisotopic (exact) mass is 344 g/mol. The Labute approximate surface area is 150 Å². The van der Waals surface area contributed by atoms with E-state index in [2.05, 4.69) is 27.8 Å². The number of piperidine rings is 1.